The van der Waals surface area contributed by atoms with Gasteiger partial charge in [0.25, 0.3) is 0 Å². The lowest BCUT2D eigenvalue weighted by Crippen LogP contribution is -2.42. The van der Waals surface area contributed by atoms with E-state index in [4.69, 9.17) is 9.47 Å². The van der Waals surface area contributed by atoms with Gasteiger partial charge in [-0.1, -0.05) is 12.1 Å². The minimum Gasteiger partial charge on any atom is -0.493 e. The Labute approximate surface area is 113 Å². The van der Waals surface area contributed by atoms with Crippen LogP contribution in [0.25, 0.3) is 0 Å². The zero-order valence-electron chi connectivity index (χ0n) is 11.0. The predicted molar refractivity (Wildman–Crippen MR) is 71.8 cm³/mol. The molecule has 4 nitrogen and oxygen atoms in total. The number of benzene rings is 1. The second-order valence-corrected chi connectivity index (χ2v) is 5.10. The molecule has 0 amide bonds. The van der Waals surface area contributed by atoms with E-state index in [-0.39, 0.29) is 11.8 Å². The molecule has 0 spiro atoms. The predicted octanol–water partition coefficient (Wildman–Crippen LogP) is 1.57. The van der Waals surface area contributed by atoms with Gasteiger partial charge in [-0.2, -0.15) is 0 Å². The fourth-order valence-corrected chi connectivity index (χ4v) is 2.69. The summed E-state index contributed by atoms with van der Waals surface area (Å²) in [6.45, 7) is 2.87. The number of ketones is 1. The van der Waals surface area contributed by atoms with Gasteiger partial charge in [-0.05, 0) is 24.5 Å². The highest BCUT2D eigenvalue weighted by Gasteiger charge is 2.22. The number of morpholine rings is 1. The summed E-state index contributed by atoms with van der Waals surface area (Å²) in [5, 5.41) is 3.31. The van der Waals surface area contributed by atoms with Crippen LogP contribution in [0, 0.1) is 0 Å². The molecule has 0 radical (unpaired) electrons. The highest BCUT2D eigenvalue weighted by molar-refractivity contribution is 5.99. The average molecular weight is 261 g/mol. The van der Waals surface area contributed by atoms with Crippen molar-refractivity contribution in [2.24, 2.45) is 0 Å². The highest BCUT2D eigenvalue weighted by atomic mass is 16.5. The third-order valence-electron chi connectivity index (χ3n) is 3.66. The van der Waals surface area contributed by atoms with Gasteiger partial charge in [0.1, 0.15) is 5.75 Å². The Morgan fingerprint density at radius 2 is 2.32 bits per heavy atom. The number of aryl methyl sites for hydroxylation is 1. The first-order valence-corrected chi connectivity index (χ1v) is 6.93. The summed E-state index contributed by atoms with van der Waals surface area (Å²) < 4.78 is 11.1. The van der Waals surface area contributed by atoms with Crippen LogP contribution in [0.5, 0.6) is 5.75 Å². The molecule has 1 fully saturated rings. The Morgan fingerprint density at radius 1 is 1.37 bits per heavy atom. The molecule has 0 aliphatic carbocycles. The van der Waals surface area contributed by atoms with Crippen molar-refractivity contribution in [2.45, 2.75) is 25.3 Å². The normalized spacial score (nSPS) is 22.4. The molecule has 1 saturated heterocycles. The minimum absolute atomic E-state index is 0.126. The van der Waals surface area contributed by atoms with Crippen molar-refractivity contribution in [1.82, 2.24) is 5.32 Å². The number of carbonyl (C=O) groups excluding carboxylic acids is 1. The maximum absolute atomic E-state index is 12.4. The highest BCUT2D eigenvalue weighted by Crippen LogP contribution is 2.30. The fraction of sp³-hybridized carbons (Fsp3) is 0.533. The topological polar surface area (TPSA) is 47.6 Å². The quantitative estimate of drug-likeness (QED) is 0.839. The van der Waals surface area contributed by atoms with Crippen LogP contribution >= 0.6 is 0 Å². The van der Waals surface area contributed by atoms with Crippen LogP contribution in [0.4, 0.5) is 0 Å². The van der Waals surface area contributed by atoms with Gasteiger partial charge in [-0.15, -0.1) is 0 Å². The molecule has 4 heteroatoms. The van der Waals surface area contributed by atoms with E-state index in [0.29, 0.717) is 19.6 Å². The molecule has 1 atom stereocenters. The third-order valence-corrected chi connectivity index (χ3v) is 3.66. The number of rotatable bonds is 3. The van der Waals surface area contributed by atoms with Gasteiger partial charge in [0.15, 0.2) is 5.78 Å². The van der Waals surface area contributed by atoms with Crippen molar-refractivity contribution in [2.75, 3.05) is 26.4 Å². The third kappa shape index (κ3) is 2.80. The molecule has 0 saturated carbocycles. The second-order valence-electron chi connectivity index (χ2n) is 5.10. The first-order chi connectivity index (χ1) is 9.34. The van der Waals surface area contributed by atoms with E-state index in [9.17, 15) is 4.79 Å². The maximum Gasteiger partial charge on any atom is 0.168 e. The molecular weight excluding hydrogens is 242 g/mol. The Kier molecular flexibility index (Phi) is 3.80. The number of Topliss-reactive ketones (excluding diaryl/α,β-unsaturated/α-hetero) is 1. The summed E-state index contributed by atoms with van der Waals surface area (Å²) in [4.78, 5) is 12.4. The number of ether oxygens (including phenoxy) is 2. The Morgan fingerprint density at radius 3 is 3.16 bits per heavy atom. The summed E-state index contributed by atoms with van der Waals surface area (Å²) >= 11 is 0. The van der Waals surface area contributed by atoms with Gasteiger partial charge in [0, 0.05) is 19.0 Å². The van der Waals surface area contributed by atoms with E-state index in [2.05, 4.69) is 5.32 Å². The smallest absolute Gasteiger partial charge is 0.168 e. The number of para-hydroxylation sites is 1. The van der Waals surface area contributed by atoms with E-state index >= 15 is 0 Å². The van der Waals surface area contributed by atoms with E-state index in [1.807, 2.05) is 18.2 Å². The van der Waals surface area contributed by atoms with Gasteiger partial charge in [0.2, 0.25) is 0 Å². The van der Waals surface area contributed by atoms with Crippen LogP contribution in [0.2, 0.25) is 0 Å². The lowest BCUT2D eigenvalue weighted by atomic mass is 9.97. The first-order valence-electron chi connectivity index (χ1n) is 6.93. The molecule has 2 aliphatic rings. The monoisotopic (exact) mass is 261 g/mol. The van der Waals surface area contributed by atoms with Gasteiger partial charge in [0.05, 0.1) is 25.4 Å². The molecule has 19 heavy (non-hydrogen) atoms. The number of fused-ring (bicyclic) bond motifs is 1. The van der Waals surface area contributed by atoms with Crippen LogP contribution in [0.15, 0.2) is 18.2 Å². The van der Waals surface area contributed by atoms with Gasteiger partial charge in [-0.3, -0.25) is 4.79 Å². The first kappa shape index (κ1) is 12.6. The van der Waals surface area contributed by atoms with Gasteiger partial charge < -0.3 is 14.8 Å². The molecule has 102 valence electrons. The zero-order chi connectivity index (χ0) is 13.1. The fourth-order valence-electron chi connectivity index (χ4n) is 2.69. The van der Waals surface area contributed by atoms with Crippen LogP contribution in [0.1, 0.15) is 28.8 Å². The van der Waals surface area contributed by atoms with E-state index in [0.717, 1.165) is 42.9 Å². The van der Waals surface area contributed by atoms with Crippen LogP contribution in [-0.4, -0.2) is 38.2 Å². The van der Waals surface area contributed by atoms with E-state index < -0.39 is 0 Å². The van der Waals surface area contributed by atoms with Crippen molar-refractivity contribution in [3.05, 3.63) is 29.3 Å². The van der Waals surface area contributed by atoms with Crippen molar-refractivity contribution < 1.29 is 14.3 Å². The summed E-state index contributed by atoms with van der Waals surface area (Å²) in [5.41, 5.74) is 1.88. The summed E-state index contributed by atoms with van der Waals surface area (Å²) in [6, 6.07) is 6.00. The average Bonchev–Trinajstić information content (AvgIpc) is 2.47. The van der Waals surface area contributed by atoms with Crippen molar-refractivity contribution >= 4 is 5.78 Å². The molecule has 2 heterocycles. The molecular formula is C15H19NO3. The standard InChI is InChI=1S/C15H19NO3/c17-14(9-12-10-18-8-6-16-12)13-5-1-3-11-4-2-7-19-15(11)13/h1,3,5,12,16H,2,4,6-10H2. The Hall–Kier alpha value is -1.39. The van der Waals surface area contributed by atoms with E-state index in [1.54, 1.807) is 0 Å². The molecule has 1 N–H and O–H groups in total. The minimum atomic E-state index is 0.126. The molecule has 0 bridgehead atoms. The van der Waals surface area contributed by atoms with Gasteiger partial charge in [-0.25, -0.2) is 0 Å². The zero-order valence-corrected chi connectivity index (χ0v) is 11.0. The number of hydrogen-bond acceptors (Lipinski definition) is 4. The summed E-state index contributed by atoms with van der Waals surface area (Å²) in [5.74, 6) is 0.942. The van der Waals surface area contributed by atoms with E-state index in [1.165, 1.54) is 0 Å². The SMILES string of the molecule is O=C(CC1COCCN1)c1cccc2c1OCCC2. The van der Waals surface area contributed by atoms with Crippen LogP contribution in [-0.2, 0) is 11.2 Å². The summed E-state index contributed by atoms with van der Waals surface area (Å²) in [6.07, 6.45) is 2.50. The molecule has 1 unspecified atom stereocenters. The van der Waals surface area contributed by atoms with Crippen LogP contribution < -0.4 is 10.1 Å². The second kappa shape index (κ2) is 5.72. The number of hydrogen-bond donors (Lipinski definition) is 1. The molecule has 2 aliphatic heterocycles. The number of carbonyl (C=O) groups is 1. The maximum atomic E-state index is 12.4. The Balaban J connectivity index is 1.75. The van der Waals surface area contributed by atoms with Crippen LogP contribution in [0.3, 0.4) is 0 Å². The number of nitrogens with one attached hydrogen (secondary N) is 1. The van der Waals surface area contributed by atoms with Crippen molar-refractivity contribution in [1.29, 1.82) is 0 Å². The van der Waals surface area contributed by atoms with Crippen molar-refractivity contribution in [3.63, 3.8) is 0 Å². The summed E-state index contributed by atoms with van der Waals surface area (Å²) in [7, 11) is 0. The molecule has 1 aromatic rings. The van der Waals surface area contributed by atoms with Gasteiger partial charge >= 0.3 is 0 Å². The lowest BCUT2D eigenvalue weighted by Gasteiger charge is -2.24. The largest absolute Gasteiger partial charge is 0.493 e. The molecule has 1 aromatic carbocycles. The lowest BCUT2D eigenvalue weighted by molar-refractivity contribution is 0.0674. The molecule has 3 rings (SSSR count). The molecule has 0 aromatic heterocycles. The van der Waals surface area contributed by atoms with Crippen molar-refractivity contribution in [3.8, 4) is 5.75 Å². The Bertz CT molecular complexity index is 466.